The highest BCUT2D eigenvalue weighted by Gasteiger charge is 2.06. The molecule has 1 heterocycles. The number of benzene rings is 2. The lowest BCUT2D eigenvalue weighted by Gasteiger charge is -2.13. The maximum atomic E-state index is 6.09. The van der Waals surface area contributed by atoms with Crippen LogP contribution in [0.5, 0.6) is 5.75 Å². The van der Waals surface area contributed by atoms with Gasteiger partial charge >= 0.3 is 0 Å². The van der Waals surface area contributed by atoms with E-state index in [4.69, 9.17) is 21.3 Å². The number of ether oxygens (including phenoxy) is 1. The smallest absolute Gasteiger partial charge is 0.191 e. The van der Waals surface area contributed by atoms with E-state index in [1.165, 1.54) is 5.56 Å². The lowest BCUT2D eigenvalue weighted by atomic mass is 10.1. The lowest BCUT2D eigenvalue weighted by Crippen LogP contribution is -2.38. The molecule has 8 heteroatoms. The van der Waals surface area contributed by atoms with Crippen molar-refractivity contribution < 1.29 is 4.74 Å². The van der Waals surface area contributed by atoms with Crippen molar-refractivity contribution in [2.45, 2.75) is 26.4 Å². The van der Waals surface area contributed by atoms with Gasteiger partial charge in [0, 0.05) is 18.6 Å². The molecule has 1 aromatic heterocycles. The van der Waals surface area contributed by atoms with Gasteiger partial charge in [0.25, 0.3) is 0 Å². The zero-order valence-electron chi connectivity index (χ0n) is 17.5. The molecule has 2 N–H and O–H groups in total. The van der Waals surface area contributed by atoms with Crippen molar-refractivity contribution in [2.75, 3.05) is 13.7 Å². The van der Waals surface area contributed by atoms with E-state index in [9.17, 15) is 0 Å². The quantitative estimate of drug-likeness (QED) is 0.427. The van der Waals surface area contributed by atoms with Gasteiger partial charge in [0.15, 0.2) is 11.8 Å². The topological polar surface area (TPSA) is 76.4 Å². The molecule has 0 aliphatic carbocycles. The molecule has 3 aromatic rings. The monoisotopic (exact) mass is 426 g/mol. The summed E-state index contributed by atoms with van der Waals surface area (Å²) in [5.41, 5.74) is 2.27. The van der Waals surface area contributed by atoms with Crippen LogP contribution < -0.4 is 15.4 Å². The first-order chi connectivity index (χ1) is 14.5. The van der Waals surface area contributed by atoms with Crippen LogP contribution in [-0.4, -0.2) is 34.4 Å². The summed E-state index contributed by atoms with van der Waals surface area (Å²) in [6, 6.07) is 15.8. The number of guanidine groups is 1. The molecule has 0 aliphatic heterocycles. The maximum Gasteiger partial charge on any atom is 0.191 e. The number of aryl methyl sites for hydroxylation is 1. The van der Waals surface area contributed by atoms with E-state index in [0.29, 0.717) is 24.1 Å². The average Bonchev–Trinajstić information content (AvgIpc) is 3.08. The second-order valence-corrected chi connectivity index (χ2v) is 7.33. The summed E-state index contributed by atoms with van der Waals surface area (Å²) in [6.45, 7) is 3.72. The minimum absolute atomic E-state index is 0.524. The van der Waals surface area contributed by atoms with Gasteiger partial charge in [-0.1, -0.05) is 35.9 Å². The third kappa shape index (κ3) is 6.22. The van der Waals surface area contributed by atoms with Gasteiger partial charge in [0.2, 0.25) is 0 Å². The predicted octanol–water partition coefficient (Wildman–Crippen LogP) is 3.26. The third-order valence-corrected chi connectivity index (χ3v) is 5.01. The van der Waals surface area contributed by atoms with Gasteiger partial charge in [0.1, 0.15) is 11.6 Å². The number of halogens is 1. The fraction of sp³-hybridized carbons (Fsp3) is 0.318. The molecule has 3 rings (SSSR count). The molecule has 0 saturated carbocycles. The van der Waals surface area contributed by atoms with Gasteiger partial charge in [-0.3, -0.25) is 0 Å². The Balaban J connectivity index is 1.62. The van der Waals surface area contributed by atoms with E-state index < -0.39 is 0 Å². The Bertz CT molecular complexity index is 984. The molecular weight excluding hydrogens is 400 g/mol. The van der Waals surface area contributed by atoms with Crippen LogP contribution in [0.25, 0.3) is 0 Å². The number of nitrogens with one attached hydrogen (secondary N) is 2. The summed E-state index contributed by atoms with van der Waals surface area (Å²) in [5.74, 6) is 3.29. The Morgan fingerprint density at radius 2 is 1.90 bits per heavy atom. The first-order valence-corrected chi connectivity index (χ1v) is 10.2. The van der Waals surface area contributed by atoms with Crippen LogP contribution in [0.3, 0.4) is 0 Å². The van der Waals surface area contributed by atoms with Crippen LogP contribution in [0.1, 0.15) is 22.8 Å². The Hall–Kier alpha value is -3.06. The molecule has 30 heavy (non-hydrogen) atoms. The summed E-state index contributed by atoms with van der Waals surface area (Å²) in [5, 5.41) is 15.7. The highest BCUT2D eigenvalue weighted by molar-refractivity contribution is 6.30. The maximum absolute atomic E-state index is 6.09. The standard InChI is InChI=1S/C22H27ClN6O/c1-16-27-28-21(29(16)2)15-26-22(25-14-18-5-4-6-19(23)13-18)24-12-11-17-7-9-20(30-3)10-8-17/h4-10,13H,11-12,14-15H2,1-3H3,(H2,24,25,26). The molecule has 0 radical (unpaired) electrons. The van der Waals surface area contributed by atoms with Gasteiger partial charge in [-0.2, -0.15) is 0 Å². The summed E-state index contributed by atoms with van der Waals surface area (Å²) in [4.78, 5) is 4.70. The van der Waals surface area contributed by atoms with E-state index in [-0.39, 0.29) is 0 Å². The van der Waals surface area contributed by atoms with Crippen LogP contribution in [-0.2, 0) is 26.6 Å². The molecule has 7 nitrogen and oxygen atoms in total. The highest BCUT2D eigenvalue weighted by Crippen LogP contribution is 2.12. The molecule has 0 unspecified atom stereocenters. The molecule has 0 aliphatic rings. The van der Waals surface area contributed by atoms with Gasteiger partial charge in [0.05, 0.1) is 20.2 Å². The van der Waals surface area contributed by atoms with Crippen molar-refractivity contribution in [1.29, 1.82) is 0 Å². The number of hydrogen-bond acceptors (Lipinski definition) is 4. The number of methoxy groups -OCH3 is 1. The average molecular weight is 427 g/mol. The first kappa shape index (κ1) is 21.6. The number of aromatic nitrogens is 3. The molecule has 0 atom stereocenters. The molecule has 0 spiro atoms. The van der Waals surface area contributed by atoms with Crippen LogP contribution in [0, 0.1) is 6.92 Å². The molecule has 0 saturated heterocycles. The molecule has 158 valence electrons. The molecule has 0 fully saturated rings. The van der Waals surface area contributed by atoms with E-state index >= 15 is 0 Å². The van der Waals surface area contributed by atoms with Crippen molar-refractivity contribution in [3.63, 3.8) is 0 Å². The van der Waals surface area contributed by atoms with E-state index in [2.05, 4.69) is 33.0 Å². The van der Waals surface area contributed by atoms with Crippen LogP contribution in [0.4, 0.5) is 0 Å². The molecule has 0 amide bonds. The predicted molar refractivity (Wildman–Crippen MR) is 120 cm³/mol. The lowest BCUT2D eigenvalue weighted by molar-refractivity contribution is 0.414. The SMILES string of the molecule is COc1ccc(CCNC(=NCc2cccc(Cl)c2)NCc2nnc(C)n2C)cc1. The highest BCUT2D eigenvalue weighted by atomic mass is 35.5. The van der Waals surface area contributed by atoms with E-state index in [1.807, 2.05) is 54.9 Å². The van der Waals surface area contributed by atoms with Crippen LogP contribution >= 0.6 is 11.6 Å². The third-order valence-electron chi connectivity index (χ3n) is 4.77. The summed E-state index contributed by atoms with van der Waals surface area (Å²) in [7, 11) is 3.62. The molecule has 0 bridgehead atoms. The summed E-state index contributed by atoms with van der Waals surface area (Å²) < 4.78 is 7.17. The van der Waals surface area contributed by atoms with Gasteiger partial charge < -0.3 is 19.9 Å². The van der Waals surface area contributed by atoms with Crippen LogP contribution in [0.2, 0.25) is 5.02 Å². The number of nitrogens with zero attached hydrogens (tertiary/aromatic N) is 4. The zero-order chi connectivity index (χ0) is 21.3. The fourth-order valence-corrected chi connectivity index (χ4v) is 3.08. The minimum atomic E-state index is 0.524. The number of aliphatic imine (C=N–C) groups is 1. The second kappa shape index (κ2) is 10.6. The first-order valence-electron chi connectivity index (χ1n) is 9.79. The second-order valence-electron chi connectivity index (χ2n) is 6.90. The van der Waals surface area contributed by atoms with Crippen molar-refractivity contribution in [3.05, 3.63) is 76.3 Å². The normalized spacial score (nSPS) is 11.4. The van der Waals surface area contributed by atoms with Gasteiger partial charge in [-0.15, -0.1) is 10.2 Å². The van der Waals surface area contributed by atoms with Gasteiger partial charge in [-0.05, 0) is 48.7 Å². The molecule has 2 aromatic carbocycles. The number of hydrogen-bond donors (Lipinski definition) is 2. The minimum Gasteiger partial charge on any atom is -0.497 e. The van der Waals surface area contributed by atoms with Crippen LogP contribution in [0.15, 0.2) is 53.5 Å². The van der Waals surface area contributed by atoms with Crippen molar-refractivity contribution >= 4 is 17.6 Å². The van der Waals surface area contributed by atoms with Crippen molar-refractivity contribution in [1.82, 2.24) is 25.4 Å². The summed E-state index contributed by atoms with van der Waals surface area (Å²) in [6.07, 6.45) is 0.866. The van der Waals surface area contributed by atoms with Crippen molar-refractivity contribution in [3.8, 4) is 5.75 Å². The Kier molecular flexibility index (Phi) is 7.68. The van der Waals surface area contributed by atoms with E-state index in [0.717, 1.165) is 35.9 Å². The van der Waals surface area contributed by atoms with E-state index in [1.54, 1.807) is 7.11 Å². The van der Waals surface area contributed by atoms with Crippen molar-refractivity contribution in [2.24, 2.45) is 12.0 Å². The molecular formula is C22H27ClN6O. The Labute approximate surface area is 182 Å². The Morgan fingerprint density at radius 3 is 2.57 bits per heavy atom. The largest absolute Gasteiger partial charge is 0.497 e. The Morgan fingerprint density at radius 1 is 1.10 bits per heavy atom. The fourth-order valence-electron chi connectivity index (χ4n) is 2.87. The number of rotatable bonds is 8. The zero-order valence-corrected chi connectivity index (χ0v) is 18.3. The van der Waals surface area contributed by atoms with Gasteiger partial charge in [-0.25, -0.2) is 4.99 Å². The summed E-state index contributed by atoms with van der Waals surface area (Å²) >= 11 is 6.09.